The molecule has 1 rings (SSSR count). The van der Waals surface area contributed by atoms with Crippen LogP contribution in [0.5, 0.6) is 0 Å². The molecule has 0 spiro atoms. The predicted octanol–water partition coefficient (Wildman–Crippen LogP) is 2.56. The Bertz CT molecular complexity index is 476. The summed E-state index contributed by atoms with van der Waals surface area (Å²) in [7, 11) is 3.31. The zero-order chi connectivity index (χ0) is 13.2. The standard InChI is InChI=1S/C11H13Cl2N3O/c1-7(5-14)6-15(2)11(17)9-4-8(12)10(13)16(9)3/h4,7H,6H2,1-3H3/t7-/m1/s1. The van der Waals surface area contributed by atoms with Gasteiger partial charge in [0.1, 0.15) is 10.8 Å². The molecule has 0 aliphatic rings. The van der Waals surface area contributed by atoms with Crippen molar-refractivity contribution in [3.05, 3.63) is 21.9 Å². The van der Waals surface area contributed by atoms with Gasteiger partial charge in [-0.1, -0.05) is 23.2 Å². The maximum atomic E-state index is 12.1. The molecule has 1 aromatic rings. The lowest BCUT2D eigenvalue weighted by atomic mass is 10.2. The third-order valence-electron chi connectivity index (χ3n) is 2.45. The summed E-state index contributed by atoms with van der Waals surface area (Å²) in [5.74, 6) is -0.418. The molecule has 92 valence electrons. The van der Waals surface area contributed by atoms with Crippen molar-refractivity contribution >= 4 is 29.1 Å². The van der Waals surface area contributed by atoms with E-state index in [1.807, 2.05) is 0 Å². The molecular weight excluding hydrogens is 261 g/mol. The Labute approximate surface area is 110 Å². The molecule has 1 atom stereocenters. The van der Waals surface area contributed by atoms with Gasteiger partial charge in [-0.25, -0.2) is 0 Å². The van der Waals surface area contributed by atoms with E-state index in [1.54, 1.807) is 21.0 Å². The summed E-state index contributed by atoms with van der Waals surface area (Å²) in [6.07, 6.45) is 0. The number of carbonyl (C=O) groups excluding carboxylic acids is 1. The highest BCUT2D eigenvalue weighted by atomic mass is 35.5. The van der Waals surface area contributed by atoms with Gasteiger partial charge in [0, 0.05) is 20.6 Å². The Morgan fingerprint density at radius 2 is 2.24 bits per heavy atom. The Kier molecular flexibility index (Phi) is 4.44. The van der Waals surface area contributed by atoms with Gasteiger partial charge in [0.15, 0.2) is 0 Å². The van der Waals surface area contributed by atoms with Crippen LogP contribution in [-0.2, 0) is 7.05 Å². The molecule has 6 heteroatoms. The van der Waals surface area contributed by atoms with Crippen LogP contribution in [0, 0.1) is 17.2 Å². The fourth-order valence-corrected chi connectivity index (χ4v) is 1.85. The second-order valence-electron chi connectivity index (χ2n) is 3.94. The molecule has 0 aromatic carbocycles. The van der Waals surface area contributed by atoms with Gasteiger partial charge in [0.25, 0.3) is 5.91 Å². The van der Waals surface area contributed by atoms with Crippen molar-refractivity contribution in [1.29, 1.82) is 5.26 Å². The van der Waals surface area contributed by atoms with Gasteiger partial charge in [0.2, 0.25) is 0 Å². The molecule has 0 bridgehead atoms. The Hall–Kier alpha value is -1.18. The second-order valence-corrected chi connectivity index (χ2v) is 4.71. The van der Waals surface area contributed by atoms with E-state index in [2.05, 4.69) is 6.07 Å². The monoisotopic (exact) mass is 273 g/mol. The molecule has 0 saturated carbocycles. The number of aromatic nitrogens is 1. The summed E-state index contributed by atoms with van der Waals surface area (Å²) in [6.45, 7) is 2.13. The number of halogens is 2. The molecule has 0 aliphatic heterocycles. The van der Waals surface area contributed by atoms with E-state index in [1.165, 1.54) is 15.5 Å². The fraction of sp³-hybridized carbons (Fsp3) is 0.455. The lowest BCUT2D eigenvalue weighted by Crippen LogP contribution is -2.31. The molecule has 0 N–H and O–H groups in total. The van der Waals surface area contributed by atoms with Crippen LogP contribution in [0.15, 0.2) is 6.07 Å². The largest absolute Gasteiger partial charge is 0.339 e. The summed E-state index contributed by atoms with van der Waals surface area (Å²) < 4.78 is 1.53. The van der Waals surface area contributed by atoms with Crippen LogP contribution in [0.3, 0.4) is 0 Å². The number of nitriles is 1. The van der Waals surface area contributed by atoms with Crippen LogP contribution in [0.1, 0.15) is 17.4 Å². The molecule has 0 fully saturated rings. The summed E-state index contributed by atoms with van der Waals surface area (Å²) in [4.78, 5) is 13.5. The van der Waals surface area contributed by atoms with Gasteiger partial charge in [-0.3, -0.25) is 4.79 Å². The van der Waals surface area contributed by atoms with E-state index in [0.717, 1.165) is 0 Å². The highest BCUT2D eigenvalue weighted by Gasteiger charge is 2.20. The molecule has 0 unspecified atom stereocenters. The van der Waals surface area contributed by atoms with Crippen molar-refractivity contribution in [2.75, 3.05) is 13.6 Å². The third-order valence-corrected chi connectivity index (χ3v) is 3.29. The zero-order valence-electron chi connectivity index (χ0n) is 9.87. The first kappa shape index (κ1) is 13.9. The maximum absolute atomic E-state index is 12.1. The van der Waals surface area contributed by atoms with Crippen molar-refractivity contribution in [3.63, 3.8) is 0 Å². The number of nitrogens with zero attached hydrogens (tertiary/aromatic N) is 3. The van der Waals surface area contributed by atoms with Gasteiger partial charge in [-0.15, -0.1) is 0 Å². The average molecular weight is 274 g/mol. The first-order chi connectivity index (χ1) is 7.88. The Balaban J connectivity index is 2.90. The fourth-order valence-electron chi connectivity index (χ4n) is 1.48. The predicted molar refractivity (Wildman–Crippen MR) is 67.2 cm³/mol. The third kappa shape index (κ3) is 2.93. The smallest absolute Gasteiger partial charge is 0.270 e. The lowest BCUT2D eigenvalue weighted by molar-refractivity contribution is 0.0775. The van der Waals surface area contributed by atoms with Crippen LogP contribution < -0.4 is 0 Å². The van der Waals surface area contributed by atoms with E-state index in [9.17, 15) is 4.79 Å². The number of hydrogen-bond donors (Lipinski definition) is 0. The molecular formula is C11H13Cl2N3O. The Morgan fingerprint density at radius 3 is 2.65 bits per heavy atom. The van der Waals surface area contributed by atoms with Gasteiger partial charge in [-0.2, -0.15) is 5.26 Å². The number of hydrogen-bond acceptors (Lipinski definition) is 2. The number of carbonyl (C=O) groups is 1. The number of amides is 1. The second kappa shape index (κ2) is 5.44. The maximum Gasteiger partial charge on any atom is 0.270 e. The molecule has 1 aromatic heterocycles. The summed E-state index contributed by atoms with van der Waals surface area (Å²) in [5.41, 5.74) is 0.410. The molecule has 4 nitrogen and oxygen atoms in total. The minimum atomic E-state index is -0.213. The molecule has 17 heavy (non-hydrogen) atoms. The van der Waals surface area contributed by atoms with E-state index in [-0.39, 0.29) is 11.8 Å². The van der Waals surface area contributed by atoms with Crippen LogP contribution in [0.4, 0.5) is 0 Å². The minimum Gasteiger partial charge on any atom is -0.339 e. The van der Waals surface area contributed by atoms with E-state index < -0.39 is 0 Å². The molecule has 1 amide bonds. The minimum absolute atomic E-state index is 0.205. The van der Waals surface area contributed by atoms with Crippen LogP contribution in [0.2, 0.25) is 10.2 Å². The van der Waals surface area contributed by atoms with Crippen LogP contribution >= 0.6 is 23.2 Å². The summed E-state index contributed by atoms with van der Waals surface area (Å²) in [6, 6.07) is 3.61. The highest BCUT2D eigenvalue weighted by Crippen LogP contribution is 2.25. The normalized spacial score (nSPS) is 12.0. The van der Waals surface area contributed by atoms with Crippen molar-refractivity contribution < 1.29 is 4.79 Å². The van der Waals surface area contributed by atoms with Gasteiger partial charge in [0.05, 0.1) is 17.0 Å². The van der Waals surface area contributed by atoms with Crippen molar-refractivity contribution in [2.45, 2.75) is 6.92 Å². The first-order valence-electron chi connectivity index (χ1n) is 5.04. The molecule has 0 aliphatic carbocycles. The highest BCUT2D eigenvalue weighted by molar-refractivity contribution is 6.41. The van der Waals surface area contributed by atoms with Crippen LogP contribution in [-0.4, -0.2) is 29.0 Å². The van der Waals surface area contributed by atoms with Crippen molar-refractivity contribution in [3.8, 4) is 6.07 Å². The topological polar surface area (TPSA) is 49.0 Å². The summed E-state index contributed by atoms with van der Waals surface area (Å²) in [5, 5.41) is 9.38. The molecule has 0 radical (unpaired) electrons. The van der Waals surface area contributed by atoms with E-state index in [4.69, 9.17) is 28.5 Å². The summed E-state index contributed by atoms with van der Waals surface area (Å²) >= 11 is 11.7. The quantitative estimate of drug-likeness (QED) is 0.850. The van der Waals surface area contributed by atoms with Crippen molar-refractivity contribution in [1.82, 2.24) is 9.47 Å². The van der Waals surface area contributed by atoms with Gasteiger partial charge < -0.3 is 9.47 Å². The SMILES string of the molecule is C[C@H](C#N)CN(C)C(=O)c1cc(Cl)c(Cl)n1C. The molecule has 1 heterocycles. The Morgan fingerprint density at radius 1 is 1.65 bits per heavy atom. The average Bonchev–Trinajstić information content (AvgIpc) is 2.55. The lowest BCUT2D eigenvalue weighted by Gasteiger charge is -2.18. The van der Waals surface area contributed by atoms with E-state index in [0.29, 0.717) is 22.4 Å². The number of rotatable bonds is 3. The van der Waals surface area contributed by atoms with Crippen molar-refractivity contribution in [2.24, 2.45) is 13.0 Å². The van der Waals surface area contributed by atoms with Gasteiger partial charge >= 0.3 is 0 Å². The van der Waals surface area contributed by atoms with Gasteiger partial charge in [-0.05, 0) is 13.0 Å². The molecule has 0 saturated heterocycles. The zero-order valence-corrected chi connectivity index (χ0v) is 11.4. The van der Waals surface area contributed by atoms with E-state index >= 15 is 0 Å². The van der Waals surface area contributed by atoms with Crippen LogP contribution in [0.25, 0.3) is 0 Å². The first-order valence-corrected chi connectivity index (χ1v) is 5.79.